The van der Waals surface area contributed by atoms with E-state index in [9.17, 15) is 4.79 Å². The van der Waals surface area contributed by atoms with E-state index in [0.29, 0.717) is 17.0 Å². The van der Waals surface area contributed by atoms with Gasteiger partial charge in [-0.05, 0) is 36.5 Å². The molecular formula is C17H16Cl3N3O2S. The molecule has 0 bridgehead atoms. The smallest absolute Gasteiger partial charge is 0.252 e. The maximum Gasteiger partial charge on any atom is 0.252 e. The quantitative estimate of drug-likeness (QED) is 0.377. The second kappa shape index (κ2) is 9.28. The zero-order chi connectivity index (χ0) is 19.2. The van der Waals surface area contributed by atoms with Crippen LogP contribution in [0.15, 0.2) is 54.6 Å². The number of methoxy groups -OCH3 is 1. The largest absolute Gasteiger partial charge is 0.495 e. The highest BCUT2D eigenvalue weighted by Gasteiger charge is 2.35. The summed E-state index contributed by atoms with van der Waals surface area (Å²) in [6, 6.07) is 15.8. The fraction of sp³-hybridized carbons (Fsp3) is 0.176. The summed E-state index contributed by atoms with van der Waals surface area (Å²) in [7, 11) is 1.54. The Kier molecular flexibility index (Phi) is 7.34. The number of hydrogen-bond acceptors (Lipinski definition) is 3. The molecule has 26 heavy (non-hydrogen) atoms. The normalized spacial score (nSPS) is 12.0. The van der Waals surface area contributed by atoms with E-state index in [1.54, 1.807) is 49.6 Å². The lowest BCUT2D eigenvalue weighted by molar-refractivity contribution is 0.0934. The minimum Gasteiger partial charge on any atom is -0.495 e. The van der Waals surface area contributed by atoms with Gasteiger partial charge in [0.05, 0.1) is 12.8 Å². The number of anilines is 1. The van der Waals surface area contributed by atoms with Gasteiger partial charge in [0.1, 0.15) is 11.9 Å². The molecule has 3 N–H and O–H groups in total. The minimum absolute atomic E-state index is 0.152. The van der Waals surface area contributed by atoms with Crippen molar-refractivity contribution in [2.24, 2.45) is 0 Å². The molecule has 0 aliphatic carbocycles. The van der Waals surface area contributed by atoms with Crippen LogP contribution in [0, 0.1) is 0 Å². The van der Waals surface area contributed by atoms with E-state index in [1.807, 2.05) is 12.1 Å². The molecule has 0 saturated carbocycles. The topological polar surface area (TPSA) is 62.4 Å². The van der Waals surface area contributed by atoms with Gasteiger partial charge in [-0.15, -0.1) is 0 Å². The third kappa shape index (κ3) is 5.92. The monoisotopic (exact) mass is 431 g/mol. The Labute approximate surface area is 172 Å². The van der Waals surface area contributed by atoms with Gasteiger partial charge in [-0.2, -0.15) is 0 Å². The Morgan fingerprint density at radius 3 is 2.27 bits per heavy atom. The van der Waals surface area contributed by atoms with E-state index < -0.39 is 15.9 Å². The highest BCUT2D eigenvalue weighted by atomic mass is 35.6. The number of ether oxygens (including phenoxy) is 1. The minimum atomic E-state index is -1.84. The molecule has 1 atom stereocenters. The van der Waals surface area contributed by atoms with Crippen molar-refractivity contribution in [1.82, 2.24) is 10.6 Å². The van der Waals surface area contributed by atoms with Gasteiger partial charge in [0.25, 0.3) is 5.91 Å². The number of alkyl halides is 3. The summed E-state index contributed by atoms with van der Waals surface area (Å²) in [6.45, 7) is 0. The van der Waals surface area contributed by atoms with Crippen LogP contribution in [0.5, 0.6) is 5.75 Å². The Morgan fingerprint density at radius 1 is 1.04 bits per heavy atom. The number of hydrogen-bond donors (Lipinski definition) is 3. The second-order valence-electron chi connectivity index (χ2n) is 5.11. The lowest BCUT2D eigenvalue weighted by Gasteiger charge is -2.28. The maximum atomic E-state index is 12.3. The molecule has 0 aliphatic rings. The van der Waals surface area contributed by atoms with Crippen LogP contribution >= 0.6 is 47.0 Å². The van der Waals surface area contributed by atoms with Crippen molar-refractivity contribution in [2.75, 3.05) is 12.4 Å². The molecule has 0 aliphatic heterocycles. The molecule has 0 heterocycles. The van der Waals surface area contributed by atoms with Crippen molar-refractivity contribution < 1.29 is 9.53 Å². The number of amides is 1. The maximum absolute atomic E-state index is 12.3. The number of rotatable bonds is 5. The Bertz CT molecular complexity index is 769. The van der Waals surface area contributed by atoms with E-state index in [0.717, 1.165) is 0 Å². The summed E-state index contributed by atoms with van der Waals surface area (Å²) in [4.78, 5) is 12.3. The first kappa shape index (κ1) is 20.6. The van der Waals surface area contributed by atoms with E-state index in [-0.39, 0.29) is 5.11 Å². The first-order valence-corrected chi connectivity index (χ1v) is 8.98. The Hall–Kier alpha value is -1.73. The first-order chi connectivity index (χ1) is 12.3. The van der Waals surface area contributed by atoms with Crippen LogP contribution in [0.3, 0.4) is 0 Å². The molecule has 5 nitrogen and oxygen atoms in total. The van der Waals surface area contributed by atoms with Crippen molar-refractivity contribution >= 4 is 63.7 Å². The van der Waals surface area contributed by atoms with Crippen molar-refractivity contribution in [3.05, 3.63) is 60.2 Å². The van der Waals surface area contributed by atoms with Crippen molar-refractivity contribution in [3.63, 3.8) is 0 Å². The Morgan fingerprint density at radius 2 is 1.65 bits per heavy atom. The van der Waals surface area contributed by atoms with Crippen LogP contribution in [-0.2, 0) is 0 Å². The molecule has 0 aromatic heterocycles. The number of nitrogens with one attached hydrogen (secondary N) is 3. The van der Waals surface area contributed by atoms with Crippen LogP contribution < -0.4 is 20.7 Å². The third-order valence-electron chi connectivity index (χ3n) is 3.27. The number of thiocarbonyl (C=S) groups is 1. The standard InChI is InChI=1S/C17H16Cl3N3O2S/c1-25-13-10-6-5-9-12(13)21-16(26)23-15(17(18,19)20)22-14(24)11-7-3-2-4-8-11/h2-10,15H,1H3,(H,22,24)(H2,21,23,26). The predicted molar refractivity (Wildman–Crippen MR) is 110 cm³/mol. The van der Waals surface area contributed by atoms with Crippen LogP contribution in [0.25, 0.3) is 0 Å². The Balaban J connectivity index is 2.08. The highest BCUT2D eigenvalue weighted by molar-refractivity contribution is 7.80. The molecular weight excluding hydrogens is 417 g/mol. The third-order valence-corrected chi connectivity index (χ3v) is 4.14. The van der Waals surface area contributed by atoms with Crippen molar-refractivity contribution in [3.8, 4) is 5.75 Å². The average molecular weight is 433 g/mol. The van der Waals surface area contributed by atoms with Crippen molar-refractivity contribution in [1.29, 1.82) is 0 Å². The molecule has 0 spiro atoms. The van der Waals surface area contributed by atoms with E-state index in [4.69, 9.17) is 51.8 Å². The lowest BCUT2D eigenvalue weighted by atomic mass is 10.2. The number of para-hydroxylation sites is 2. The summed E-state index contributed by atoms with van der Waals surface area (Å²) in [5.41, 5.74) is 1.06. The molecule has 0 radical (unpaired) electrons. The molecule has 2 rings (SSSR count). The molecule has 138 valence electrons. The van der Waals surface area contributed by atoms with Gasteiger partial charge in [0.15, 0.2) is 5.11 Å². The van der Waals surface area contributed by atoms with Gasteiger partial charge in [-0.25, -0.2) is 0 Å². The second-order valence-corrected chi connectivity index (χ2v) is 7.89. The fourth-order valence-electron chi connectivity index (χ4n) is 2.04. The number of benzene rings is 2. The van der Waals surface area contributed by atoms with Gasteiger partial charge in [0, 0.05) is 5.56 Å². The lowest BCUT2D eigenvalue weighted by Crippen LogP contribution is -2.56. The fourth-order valence-corrected chi connectivity index (χ4v) is 2.60. The number of halogens is 3. The van der Waals surface area contributed by atoms with Crippen molar-refractivity contribution in [2.45, 2.75) is 9.96 Å². The average Bonchev–Trinajstić information content (AvgIpc) is 2.61. The highest BCUT2D eigenvalue weighted by Crippen LogP contribution is 2.29. The molecule has 0 saturated heterocycles. The SMILES string of the molecule is COc1ccccc1NC(=S)NC(NC(=O)c1ccccc1)C(Cl)(Cl)Cl. The van der Waals surface area contributed by atoms with Gasteiger partial charge < -0.3 is 20.7 Å². The van der Waals surface area contributed by atoms with E-state index >= 15 is 0 Å². The first-order valence-electron chi connectivity index (χ1n) is 7.44. The summed E-state index contributed by atoms with van der Waals surface area (Å²) in [5, 5.41) is 8.51. The molecule has 2 aromatic carbocycles. The number of carbonyl (C=O) groups is 1. The summed E-state index contributed by atoms with van der Waals surface area (Å²) in [5.74, 6) is 0.185. The van der Waals surface area contributed by atoms with Gasteiger partial charge in [-0.3, -0.25) is 4.79 Å². The molecule has 9 heteroatoms. The van der Waals surface area contributed by atoms with Gasteiger partial charge in [-0.1, -0.05) is 65.1 Å². The van der Waals surface area contributed by atoms with Crippen LogP contribution in [-0.4, -0.2) is 28.1 Å². The molecule has 2 aromatic rings. The molecule has 0 fully saturated rings. The van der Waals surface area contributed by atoms with Crippen LogP contribution in [0.4, 0.5) is 5.69 Å². The summed E-state index contributed by atoms with van der Waals surface area (Å²) < 4.78 is 3.41. The van der Waals surface area contributed by atoms with E-state index in [1.165, 1.54) is 0 Å². The van der Waals surface area contributed by atoms with Crippen LogP contribution in [0.1, 0.15) is 10.4 Å². The zero-order valence-electron chi connectivity index (χ0n) is 13.6. The summed E-state index contributed by atoms with van der Waals surface area (Å²) >= 11 is 23.2. The van der Waals surface area contributed by atoms with Crippen LogP contribution in [0.2, 0.25) is 0 Å². The van der Waals surface area contributed by atoms with Gasteiger partial charge in [0.2, 0.25) is 3.79 Å². The molecule has 1 amide bonds. The molecule has 1 unspecified atom stereocenters. The van der Waals surface area contributed by atoms with Gasteiger partial charge >= 0.3 is 0 Å². The predicted octanol–water partition coefficient (Wildman–Crippen LogP) is 4.11. The number of carbonyl (C=O) groups excluding carboxylic acids is 1. The zero-order valence-corrected chi connectivity index (χ0v) is 16.7. The van der Waals surface area contributed by atoms with E-state index in [2.05, 4.69) is 16.0 Å². The summed E-state index contributed by atoms with van der Waals surface area (Å²) in [6.07, 6.45) is -1.06.